The van der Waals surface area contributed by atoms with Crippen molar-refractivity contribution < 1.29 is 33.5 Å². The van der Waals surface area contributed by atoms with Crippen molar-refractivity contribution in [3.8, 4) is 5.75 Å². The van der Waals surface area contributed by atoms with Gasteiger partial charge in [-0.2, -0.15) is 0 Å². The highest BCUT2D eigenvalue weighted by atomic mass is 16.6. The number of fused-ring (bicyclic) bond motifs is 1. The van der Waals surface area contributed by atoms with Gasteiger partial charge >= 0.3 is 11.8 Å². The minimum absolute atomic E-state index is 0.00984. The largest absolute Gasteiger partial charge is 0.474 e. The highest BCUT2D eigenvalue weighted by molar-refractivity contribution is 6.02. The summed E-state index contributed by atoms with van der Waals surface area (Å²) in [6.07, 6.45) is -0.431. The molecule has 1 aromatic rings. The Morgan fingerprint density at radius 2 is 1.96 bits per heavy atom. The third kappa shape index (κ3) is 5.60. The van der Waals surface area contributed by atoms with Crippen LogP contribution in [0.2, 0.25) is 0 Å². The molecule has 0 N–H and O–H groups in total. The number of pyridine rings is 1. The van der Waals surface area contributed by atoms with Gasteiger partial charge in [0.15, 0.2) is 11.9 Å². The number of hydrogen-bond donors (Lipinski definition) is 0. The van der Waals surface area contributed by atoms with E-state index in [-0.39, 0.29) is 24.8 Å². The lowest BCUT2D eigenvalue weighted by atomic mass is 10.2. The van der Waals surface area contributed by atoms with Crippen LogP contribution in [-0.2, 0) is 23.8 Å². The molecule has 1 aliphatic heterocycles. The molecule has 28 heavy (non-hydrogen) atoms. The summed E-state index contributed by atoms with van der Waals surface area (Å²) in [6, 6.07) is 2.54. The first-order valence-electron chi connectivity index (χ1n) is 8.92. The fraction of sp³-hybridized carbons (Fsp3) is 0.588. The zero-order valence-corrected chi connectivity index (χ0v) is 15.8. The van der Waals surface area contributed by atoms with E-state index < -0.39 is 35.3 Å². The number of anilines is 1. The maximum absolute atomic E-state index is 12.6. The molecule has 0 aliphatic carbocycles. The Labute approximate surface area is 161 Å². The van der Waals surface area contributed by atoms with Crippen LogP contribution < -0.4 is 9.64 Å². The topological polar surface area (TPSA) is 130 Å². The summed E-state index contributed by atoms with van der Waals surface area (Å²) >= 11 is 0. The van der Waals surface area contributed by atoms with Crippen LogP contribution in [0.3, 0.4) is 0 Å². The third-order valence-electron chi connectivity index (χ3n) is 3.80. The molecule has 1 aromatic heterocycles. The average molecular weight is 397 g/mol. The van der Waals surface area contributed by atoms with Gasteiger partial charge in [-0.1, -0.05) is 6.92 Å². The number of carbonyl (C=O) groups excluding carboxylic acids is 2. The molecule has 0 fully saturated rings. The molecule has 11 nitrogen and oxygen atoms in total. The Bertz CT molecular complexity index is 712. The van der Waals surface area contributed by atoms with Crippen molar-refractivity contribution in [2.24, 2.45) is 0 Å². The number of nitro groups is 1. The van der Waals surface area contributed by atoms with Crippen molar-refractivity contribution >= 4 is 23.5 Å². The summed E-state index contributed by atoms with van der Waals surface area (Å²) in [4.78, 5) is 39.9. The van der Waals surface area contributed by atoms with E-state index in [1.165, 1.54) is 12.1 Å². The van der Waals surface area contributed by atoms with Crippen molar-refractivity contribution in [2.45, 2.75) is 26.4 Å². The normalized spacial score (nSPS) is 15.7. The molecule has 11 heteroatoms. The Morgan fingerprint density at radius 3 is 2.64 bits per heavy atom. The van der Waals surface area contributed by atoms with E-state index >= 15 is 0 Å². The predicted octanol–water partition coefficient (Wildman–Crippen LogP) is 1.09. The zero-order valence-electron chi connectivity index (χ0n) is 15.8. The quantitative estimate of drug-likeness (QED) is 0.233. The number of nitrogens with zero attached hydrogens (tertiary/aromatic N) is 3. The van der Waals surface area contributed by atoms with E-state index in [9.17, 15) is 19.7 Å². The number of amides is 1. The molecular weight excluding hydrogens is 374 g/mol. The molecule has 1 unspecified atom stereocenters. The molecule has 0 saturated carbocycles. The van der Waals surface area contributed by atoms with E-state index in [0.717, 1.165) is 4.90 Å². The van der Waals surface area contributed by atoms with Crippen LogP contribution in [0.15, 0.2) is 12.1 Å². The van der Waals surface area contributed by atoms with Gasteiger partial charge in [-0.15, -0.1) is 0 Å². The highest BCUT2D eigenvalue weighted by Gasteiger charge is 2.39. The minimum atomic E-state index is -0.801. The summed E-state index contributed by atoms with van der Waals surface area (Å²) in [6.45, 7) is 4.82. The Hall–Kier alpha value is -2.79. The first kappa shape index (κ1) is 21.5. The van der Waals surface area contributed by atoms with Crippen molar-refractivity contribution in [3.05, 3.63) is 22.2 Å². The van der Waals surface area contributed by atoms with E-state index in [0.29, 0.717) is 26.2 Å². The lowest BCUT2D eigenvalue weighted by Crippen LogP contribution is -2.48. The Kier molecular flexibility index (Phi) is 8.08. The number of hydrogen-bond acceptors (Lipinski definition) is 9. The molecule has 1 atom stereocenters. The van der Waals surface area contributed by atoms with Crippen molar-refractivity contribution in [1.29, 1.82) is 0 Å². The van der Waals surface area contributed by atoms with E-state index in [2.05, 4.69) is 4.98 Å². The summed E-state index contributed by atoms with van der Waals surface area (Å²) in [7, 11) is 0. The molecule has 2 rings (SSSR count). The van der Waals surface area contributed by atoms with Gasteiger partial charge in [0.1, 0.15) is 13.2 Å². The summed E-state index contributed by atoms with van der Waals surface area (Å²) in [5.74, 6) is -1.52. The van der Waals surface area contributed by atoms with Gasteiger partial charge in [0.05, 0.1) is 19.8 Å². The second-order valence-electron chi connectivity index (χ2n) is 5.72. The fourth-order valence-corrected chi connectivity index (χ4v) is 2.46. The molecule has 0 radical (unpaired) electrons. The predicted molar refractivity (Wildman–Crippen MR) is 96.2 cm³/mol. The van der Waals surface area contributed by atoms with Crippen LogP contribution in [0.5, 0.6) is 5.75 Å². The van der Waals surface area contributed by atoms with Crippen LogP contribution in [0, 0.1) is 10.1 Å². The van der Waals surface area contributed by atoms with Gasteiger partial charge in [0, 0.05) is 12.7 Å². The van der Waals surface area contributed by atoms with Gasteiger partial charge in [-0.25, -0.2) is 0 Å². The molecule has 0 bridgehead atoms. The van der Waals surface area contributed by atoms with Crippen LogP contribution in [0.1, 0.15) is 20.3 Å². The summed E-state index contributed by atoms with van der Waals surface area (Å²) < 4.78 is 20.9. The zero-order chi connectivity index (χ0) is 20.5. The molecule has 0 spiro atoms. The molecule has 1 amide bonds. The maximum Gasteiger partial charge on any atom is 0.366 e. The number of ether oxygens (including phenoxy) is 4. The Balaban J connectivity index is 1.99. The number of esters is 1. The lowest BCUT2D eigenvalue weighted by molar-refractivity contribution is -0.389. The molecule has 0 saturated heterocycles. The third-order valence-corrected chi connectivity index (χ3v) is 3.80. The monoisotopic (exact) mass is 397 g/mol. The van der Waals surface area contributed by atoms with Crippen LogP contribution >= 0.6 is 0 Å². The molecule has 1 aliphatic rings. The molecule has 0 aromatic carbocycles. The number of rotatable bonds is 11. The van der Waals surface area contributed by atoms with E-state index in [1.54, 1.807) is 6.92 Å². The highest BCUT2D eigenvalue weighted by Crippen LogP contribution is 2.34. The number of aromatic nitrogens is 1. The van der Waals surface area contributed by atoms with Crippen molar-refractivity contribution in [1.82, 2.24) is 4.98 Å². The van der Waals surface area contributed by atoms with Crippen LogP contribution in [-0.4, -0.2) is 67.5 Å². The van der Waals surface area contributed by atoms with Gasteiger partial charge in [0.25, 0.3) is 11.7 Å². The summed E-state index contributed by atoms with van der Waals surface area (Å²) in [5, 5.41) is 11.0. The van der Waals surface area contributed by atoms with E-state index in [4.69, 9.17) is 18.9 Å². The second kappa shape index (κ2) is 10.5. The van der Waals surface area contributed by atoms with Crippen LogP contribution in [0.4, 0.5) is 11.6 Å². The molecular formula is C17H23N3O8. The van der Waals surface area contributed by atoms with Crippen LogP contribution in [0.25, 0.3) is 0 Å². The first-order valence-corrected chi connectivity index (χ1v) is 8.92. The van der Waals surface area contributed by atoms with E-state index in [1.807, 2.05) is 6.92 Å². The first-order chi connectivity index (χ1) is 13.5. The molecule has 2 heterocycles. The Morgan fingerprint density at radius 1 is 1.25 bits per heavy atom. The number of carbonyl (C=O) groups is 2. The van der Waals surface area contributed by atoms with Gasteiger partial charge in [-0.3, -0.25) is 14.5 Å². The van der Waals surface area contributed by atoms with Crippen molar-refractivity contribution in [3.63, 3.8) is 0 Å². The average Bonchev–Trinajstić information content (AvgIpc) is 2.68. The minimum Gasteiger partial charge on any atom is -0.474 e. The maximum atomic E-state index is 12.6. The molecule has 154 valence electrons. The standard InChI is InChI=1S/C17H23N3O8/c1-3-12-17(22)19(11-15(21)27-10-9-26-8-7-25-4-2)16-13(28-12)5-6-14(18-16)20(23)24/h5-6,12H,3-4,7-11H2,1-2H3. The second-order valence-corrected chi connectivity index (χ2v) is 5.72. The van der Waals surface area contributed by atoms with Gasteiger partial charge in [0.2, 0.25) is 0 Å². The summed E-state index contributed by atoms with van der Waals surface area (Å²) in [5.41, 5.74) is 0. The van der Waals surface area contributed by atoms with Gasteiger partial charge < -0.3 is 29.1 Å². The van der Waals surface area contributed by atoms with Crippen molar-refractivity contribution in [2.75, 3.05) is 44.5 Å². The SMILES string of the molecule is CCOCCOCCOC(=O)CN1C(=O)C(CC)Oc2ccc([N+](=O)[O-])nc21. The fourth-order valence-electron chi connectivity index (χ4n) is 2.46. The lowest BCUT2D eigenvalue weighted by Gasteiger charge is -2.29. The smallest absolute Gasteiger partial charge is 0.366 e. The van der Waals surface area contributed by atoms with Gasteiger partial charge in [-0.05, 0) is 29.3 Å².